The SMILES string of the molecule is Cc1cc(N)cc(N)c1-c1ccccc1. The van der Waals surface area contributed by atoms with Crippen LogP contribution in [0.3, 0.4) is 0 Å². The highest BCUT2D eigenvalue weighted by molar-refractivity contribution is 5.81. The van der Waals surface area contributed by atoms with Gasteiger partial charge in [0.05, 0.1) is 0 Å². The van der Waals surface area contributed by atoms with Gasteiger partial charge in [-0.2, -0.15) is 0 Å². The van der Waals surface area contributed by atoms with Crippen LogP contribution < -0.4 is 11.5 Å². The molecular weight excluding hydrogens is 184 g/mol. The van der Waals surface area contributed by atoms with Crippen molar-refractivity contribution < 1.29 is 0 Å². The molecule has 0 aliphatic rings. The zero-order valence-electron chi connectivity index (χ0n) is 8.70. The van der Waals surface area contributed by atoms with Crippen LogP contribution in [-0.2, 0) is 0 Å². The second-order valence-corrected chi connectivity index (χ2v) is 3.67. The van der Waals surface area contributed by atoms with Crippen molar-refractivity contribution in [1.29, 1.82) is 0 Å². The minimum atomic E-state index is 0.713. The third-order valence-electron chi connectivity index (χ3n) is 2.45. The summed E-state index contributed by atoms with van der Waals surface area (Å²) in [7, 11) is 0. The zero-order chi connectivity index (χ0) is 10.8. The normalized spacial score (nSPS) is 10.2. The van der Waals surface area contributed by atoms with Gasteiger partial charge in [-0.05, 0) is 30.2 Å². The van der Waals surface area contributed by atoms with Gasteiger partial charge in [-0.25, -0.2) is 0 Å². The average molecular weight is 198 g/mol. The molecule has 0 aromatic heterocycles. The number of hydrogen-bond acceptors (Lipinski definition) is 2. The van der Waals surface area contributed by atoms with E-state index in [-0.39, 0.29) is 0 Å². The van der Waals surface area contributed by atoms with E-state index >= 15 is 0 Å². The molecule has 2 aromatic carbocycles. The minimum Gasteiger partial charge on any atom is -0.399 e. The Hall–Kier alpha value is -1.96. The monoisotopic (exact) mass is 198 g/mol. The molecule has 15 heavy (non-hydrogen) atoms. The first-order valence-electron chi connectivity index (χ1n) is 4.89. The van der Waals surface area contributed by atoms with Crippen LogP contribution in [0, 0.1) is 6.92 Å². The second kappa shape index (κ2) is 3.65. The molecule has 0 fully saturated rings. The Morgan fingerprint density at radius 2 is 1.60 bits per heavy atom. The van der Waals surface area contributed by atoms with Crippen molar-refractivity contribution in [3.8, 4) is 11.1 Å². The maximum atomic E-state index is 5.97. The van der Waals surface area contributed by atoms with Crippen molar-refractivity contribution in [1.82, 2.24) is 0 Å². The summed E-state index contributed by atoms with van der Waals surface area (Å²) in [4.78, 5) is 0. The lowest BCUT2D eigenvalue weighted by atomic mass is 9.98. The van der Waals surface area contributed by atoms with Crippen LogP contribution in [0.2, 0.25) is 0 Å². The fourth-order valence-electron chi connectivity index (χ4n) is 1.84. The Labute approximate surface area is 89.5 Å². The van der Waals surface area contributed by atoms with E-state index in [9.17, 15) is 0 Å². The van der Waals surface area contributed by atoms with Crippen molar-refractivity contribution in [2.45, 2.75) is 6.92 Å². The minimum absolute atomic E-state index is 0.713. The molecule has 2 rings (SSSR count). The average Bonchev–Trinajstić information content (AvgIpc) is 2.17. The van der Waals surface area contributed by atoms with Crippen LogP contribution in [0.1, 0.15) is 5.56 Å². The molecule has 0 aliphatic heterocycles. The molecule has 0 spiro atoms. The Morgan fingerprint density at radius 3 is 2.20 bits per heavy atom. The standard InChI is InChI=1S/C13H14N2/c1-9-7-11(14)8-12(15)13(9)10-5-3-2-4-6-10/h2-8H,14-15H2,1H3. The van der Waals surface area contributed by atoms with Gasteiger partial charge in [0.1, 0.15) is 0 Å². The second-order valence-electron chi connectivity index (χ2n) is 3.67. The highest BCUT2D eigenvalue weighted by Crippen LogP contribution is 2.31. The molecule has 0 atom stereocenters. The van der Waals surface area contributed by atoms with Crippen molar-refractivity contribution in [2.75, 3.05) is 11.5 Å². The van der Waals surface area contributed by atoms with Crippen molar-refractivity contribution in [3.63, 3.8) is 0 Å². The van der Waals surface area contributed by atoms with E-state index in [1.807, 2.05) is 31.2 Å². The first kappa shape index (κ1) is 9.59. The summed E-state index contributed by atoms with van der Waals surface area (Å²) in [6, 6.07) is 13.8. The van der Waals surface area contributed by atoms with Crippen LogP contribution in [0.15, 0.2) is 42.5 Å². The number of aryl methyl sites for hydroxylation is 1. The lowest BCUT2D eigenvalue weighted by molar-refractivity contribution is 1.46. The van der Waals surface area contributed by atoms with E-state index in [0.29, 0.717) is 5.69 Å². The number of rotatable bonds is 1. The third-order valence-corrected chi connectivity index (χ3v) is 2.45. The van der Waals surface area contributed by atoms with E-state index < -0.39 is 0 Å². The van der Waals surface area contributed by atoms with Gasteiger partial charge in [-0.3, -0.25) is 0 Å². The maximum absolute atomic E-state index is 5.97. The highest BCUT2D eigenvalue weighted by atomic mass is 14.6. The fraction of sp³-hybridized carbons (Fsp3) is 0.0769. The van der Waals surface area contributed by atoms with Crippen molar-refractivity contribution in [3.05, 3.63) is 48.0 Å². The Bertz CT molecular complexity index is 452. The van der Waals surface area contributed by atoms with Gasteiger partial charge in [0, 0.05) is 16.9 Å². The number of nitrogens with two attached hydrogens (primary N) is 2. The molecule has 0 heterocycles. The molecule has 4 N–H and O–H groups in total. The predicted molar refractivity (Wildman–Crippen MR) is 65.4 cm³/mol. The molecule has 0 aliphatic carbocycles. The first-order chi connectivity index (χ1) is 7.18. The highest BCUT2D eigenvalue weighted by Gasteiger charge is 2.06. The largest absolute Gasteiger partial charge is 0.399 e. The van der Waals surface area contributed by atoms with Gasteiger partial charge in [0.2, 0.25) is 0 Å². The maximum Gasteiger partial charge on any atom is 0.0417 e. The zero-order valence-corrected chi connectivity index (χ0v) is 8.70. The number of nitrogen functional groups attached to an aromatic ring is 2. The van der Waals surface area contributed by atoms with E-state index in [1.165, 1.54) is 0 Å². The lowest BCUT2D eigenvalue weighted by Gasteiger charge is -2.10. The molecule has 2 nitrogen and oxygen atoms in total. The summed E-state index contributed by atoms with van der Waals surface area (Å²) in [6.07, 6.45) is 0. The summed E-state index contributed by atoms with van der Waals surface area (Å²) < 4.78 is 0. The topological polar surface area (TPSA) is 52.0 Å². The van der Waals surface area contributed by atoms with Gasteiger partial charge in [0.15, 0.2) is 0 Å². The quantitative estimate of drug-likeness (QED) is 0.692. The molecular formula is C13H14N2. The third kappa shape index (κ3) is 1.79. The summed E-state index contributed by atoms with van der Waals surface area (Å²) in [5.41, 5.74) is 16.5. The van der Waals surface area contributed by atoms with Gasteiger partial charge in [0.25, 0.3) is 0 Å². The number of anilines is 2. The van der Waals surface area contributed by atoms with Crippen LogP contribution in [-0.4, -0.2) is 0 Å². The van der Waals surface area contributed by atoms with E-state index in [4.69, 9.17) is 11.5 Å². The fourth-order valence-corrected chi connectivity index (χ4v) is 1.84. The molecule has 2 aromatic rings. The smallest absolute Gasteiger partial charge is 0.0417 e. The van der Waals surface area contributed by atoms with Crippen LogP contribution in [0.25, 0.3) is 11.1 Å². The van der Waals surface area contributed by atoms with Gasteiger partial charge < -0.3 is 11.5 Å². The first-order valence-corrected chi connectivity index (χ1v) is 4.89. The van der Waals surface area contributed by atoms with Crippen LogP contribution >= 0.6 is 0 Å². The summed E-state index contributed by atoms with van der Waals surface area (Å²) >= 11 is 0. The molecule has 0 unspecified atom stereocenters. The summed E-state index contributed by atoms with van der Waals surface area (Å²) in [6.45, 7) is 2.02. The van der Waals surface area contributed by atoms with Gasteiger partial charge >= 0.3 is 0 Å². The van der Waals surface area contributed by atoms with Crippen molar-refractivity contribution in [2.24, 2.45) is 0 Å². The van der Waals surface area contributed by atoms with E-state index in [2.05, 4.69) is 12.1 Å². The molecule has 0 saturated carbocycles. The molecule has 0 amide bonds. The van der Waals surface area contributed by atoms with E-state index in [0.717, 1.165) is 22.4 Å². The van der Waals surface area contributed by atoms with E-state index in [1.54, 1.807) is 6.07 Å². The Balaban J connectivity index is 2.64. The predicted octanol–water partition coefficient (Wildman–Crippen LogP) is 2.83. The van der Waals surface area contributed by atoms with Crippen molar-refractivity contribution >= 4 is 11.4 Å². The van der Waals surface area contributed by atoms with Crippen LogP contribution in [0.5, 0.6) is 0 Å². The summed E-state index contributed by atoms with van der Waals surface area (Å²) in [5.74, 6) is 0. The molecule has 0 bridgehead atoms. The van der Waals surface area contributed by atoms with Gasteiger partial charge in [-0.1, -0.05) is 30.3 Å². The Kier molecular flexibility index (Phi) is 2.34. The van der Waals surface area contributed by atoms with Gasteiger partial charge in [-0.15, -0.1) is 0 Å². The summed E-state index contributed by atoms with van der Waals surface area (Å²) in [5, 5.41) is 0. The molecule has 0 saturated heterocycles. The molecule has 0 radical (unpaired) electrons. The lowest BCUT2D eigenvalue weighted by Crippen LogP contribution is -1.96. The van der Waals surface area contributed by atoms with Crippen LogP contribution in [0.4, 0.5) is 11.4 Å². The molecule has 76 valence electrons. The molecule has 2 heteroatoms. The Morgan fingerprint density at radius 1 is 0.933 bits per heavy atom. The number of hydrogen-bond donors (Lipinski definition) is 2. The number of benzene rings is 2.